The quantitative estimate of drug-likeness (QED) is 0.724. The lowest BCUT2D eigenvalue weighted by atomic mass is 10.1. The molecule has 1 aromatic carbocycles. The first kappa shape index (κ1) is 11.3. The highest BCUT2D eigenvalue weighted by molar-refractivity contribution is 6.44. The van der Waals surface area contributed by atoms with E-state index < -0.39 is 6.10 Å². The summed E-state index contributed by atoms with van der Waals surface area (Å²) in [5, 5.41) is 10.9. The molecule has 2 rings (SSSR count). The maximum absolute atomic E-state index is 9.89. The minimum absolute atomic E-state index is 0.325. The van der Waals surface area contributed by atoms with Gasteiger partial charge in [0.05, 0.1) is 27.8 Å². The Morgan fingerprint density at radius 2 is 2.00 bits per heavy atom. The molecule has 1 aliphatic rings. The number of fused-ring (bicyclic) bond motifs is 1. The van der Waals surface area contributed by atoms with Crippen molar-refractivity contribution < 1.29 is 9.84 Å². The van der Waals surface area contributed by atoms with Crippen LogP contribution in [0, 0.1) is 0 Å². The maximum Gasteiger partial charge on any atom is 0.145 e. The SMILES string of the molecule is OC1CCCOc2c(Cl)cc(Cl)c(Cl)c21. The normalized spacial score (nSPS) is 20.4. The summed E-state index contributed by atoms with van der Waals surface area (Å²) in [7, 11) is 0. The molecule has 2 nitrogen and oxygen atoms in total. The van der Waals surface area contributed by atoms with E-state index in [4.69, 9.17) is 39.5 Å². The van der Waals surface area contributed by atoms with Crippen LogP contribution in [0.3, 0.4) is 0 Å². The third-order valence-corrected chi connectivity index (χ3v) is 3.45. The van der Waals surface area contributed by atoms with E-state index in [1.807, 2.05) is 0 Å². The third-order valence-electron chi connectivity index (χ3n) is 2.36. The van der Waals surface area contributed by atoms with Crippen LogP contribution in [0.25, 0.3) is 0 Å². The fourth-order valence-corrected chi connectivity index (χ4v) is 2.44. The molecule has 0 aromatic heterocycles. The van der Waals surface area contributed by atoms with E-state index in [1.54, 1.807) is 0 Å². The van der Waals surface area contributed by atoms with Crippen LogP contribution >= 0.6 is 34.8 Å². The predicted octanol–water partition coefficient (Wildman–Crippen LogP) is 3.85. The van der Waals surface area contributed by atoms with Gasteiger partial charge in [-0.3, -0.25) is 0 Å². The second kappa shape index (κ2) is 4.38. The zero-order valence-corrected chi connectivity index (χ0v) is 10.0. The van der Waals surface area contributed by atoms with Crippen molar-refractivity contribution >= 4 is 34.8 Å². The number of ether oxygens (including phenoxy) is 1. The van der Waals surface area contributed by atoms with Crippen molar-refractivity contribution in [2.75, 3.05) is 6.61 Å². The van der Waals surface area contributed by atoms with Crippen molar-refractivity contribution in [2.45, 2.75) is 18.9 Å². The highest BCUT2D eigenvalue weighted by atomic mass is 35.5. The molecule has 15 heavy (non-hydrogen) atoms. The van der Waals surface area contributed by atoms with Crippen LogP contribution in [-0.2, 0) is 0 Å². The average molecular weight is 268 g/mol. The van der Waals surface area contributed by atoms with Gasteiger partial charge in [-0.15, -0.1) is 0 Å². The Bertz CT molecular complexity index is 393. The van der Waals surface area contributed by atoms with E-state index in [-0.39, 0.29) is 0 Å². The van der Waals surface area contributed by atoms with Crippen LogP contribution in [0.2, 0.25) is 15.1 Å². The second-order valence-corrected chi connectivity index (χ2v) is 4.60. The lowest BCUT2D eigenvalue weighted by Gasteiger charge is -2.15. The minimum Gasteiger partial charge on any atom is -0.492 e. The maximum atomic E-state index is 9.89. The average Bonchev–Trinajstić information content (AvgIpc) is 2.37. The van der Waals surface area contributed by atoms with E-state index in [0.29, 0.717) is 39.4 Å². The van der Waals surface area contributed by atoms with Gasteiger partial charge in [0.15, 0.2) is 0 Å². The molecule has 0 saturated heterocycles. The molecule has 1 N–H and O–H groups in total. The van der Waals surface area contributed by atoms with Gasteiger partial charge in [0.25, 0.3) is 0 Å². The Kier molecular flexibility index (Phi) is 3.31. The van der Waals surface area contributed by atoms with E-state index in [9.17, 15) is 5.11 Å². The van der Waals surface area contributed by atoms with Gasteiger partial charge in [-0.25, -0.2) is 0 Å². The van der Waals surface area contributed by atoms with Gasteiger partial charge >= 0.3 is 0 Å². The van der Waals surface area contributed by atoms with Crippen LogP contribution in [0.1, 0.15) is 24.5 Å². The molecule has 0 spiro atoms. The first-order valence-electron chi connectivity index (χ1n) is 4.59. The Morgan fingerprint density at radius 3 is 2.73 bits per heavy atom. The molecule has 1 heterocycles. The molecule has 82 valence electrons. The van der Waals surface area contributed by atoms with Crippen LogP contribution in [0.15, 0.2) is 6.07 Å². The molecule has 0 aliphatic carbocycles. The molecule has 5 heteroatoms. The second-order valence-electron chi connectivity index (χ2n) is 3.40. The summed E-state index contributed by atoms with van der Waals surface area (Å²) in [4.78, 5) is 0. The van der Waals surface area contributed by atoms with Gasteiger partial charge in [0, 0.05) is 5.56 Å². The molecule has 1 unspecified atom stereocenters. The van der Waals surface area contributed by atoms with Crippen LogP contribution in [0.4, 0.5) is 0 Å². The first-order valence-corrected chi connectivity index (χ1v) is 5.73. The van der Waals surface area contributed by atoms with Crippen molar-refractivity contribution in [3.8, 4) is 5.75 Å². The fourth-order valence-electron chi connectivity index (χ4n) is 1.64. The monoisotopic (exact) mass is 266 g/mol. The standard InChI is InChI=1S/C10H9Cl3O2/c11-5-4-6(12)10-8(9(5)13)7(14)2-1-3-15-10/h4,7,14H,1-3H2. The number of halogens is 3. The van der Waals surface area contributed by atoms with Gasteiger partial charge in [0.1, 0.15) is 5.75 Å². The number of aliphatic hydroxyl groups excluding tert-OH is 1. The van der Waals surface area contributed by atoms with Gasteiger partial charge in [-0.2, -0.15) is 0 Å². The summed E-state index contributed by atoms with van der Waals surface area (Å²) in [5.41, 5.74) is 0.506. The fraction of sp³-hybridized carbons (Fsp3) is 0.400. The number of hydrogen-bond donors (Lipinski definition) is 1. The lowest BCUT2D eigenvalue weighted by Crippen LogP contribution is -1.99. The summed E-state index contributed by atoms with van der Waals surface area (Å²) >= 11 is 17.9. The largest absolute Gasteiger partial charge is 0.492 e. The molecule has 0 bridgehead atoms. The summed E-state index contributed by atoms with van der Waals surface area (Å²) in [6, 6.07) is 1.53. The van der Waals surface area contributed by atoms with Crippen molar-refractivity contribution in [1.29, 1.82) is 0 Å². The smallest absolute Gasteiger partial charge is 0.145 e. The summed E-state index contributed by atoms with van der Waals surface area (Å²) in [6.45, 7) is 0.530. The predicted molar refractivity (Wildman–Crippen MR) is 61.2 cm³/mol. The molecule has 0 saturated carbocycles. The van der Waals surface area contributed by atoms with Crippen molar-refractivity contribution in [3.05, 3.63) is 26.7 Å². The summed E-state index contributed by atoms with van der Waals surface area (Å²) in [6.07, 6.45) is 0.704. The Balaban J connectivity index is 2.63. The van der Waals surface area contributed by atoms with Crippen LogP contribution < -0.4 is 4.74 Å². The zero-order chi connectivity index (χ0) is 11.0. The van der Waals surface area contributed by atoms with Gasteiger partial charge < -0.3 is 9.84 Å². The number of hydrogen-bond acceptors (Lipinski definition) is 2. The molecule has 1 atom stereocenters. The van der Waals surface area contributed by atoms with Gasteiger partial charge in [0.2, 0.25) is 0 Å². The molecule has 0 radical (unpaired) electrons. The first-order chi connectivity index (χ1) is 7.11. The summed E-state index contributed by atoms with van der Waals surface area (Å²) in [5.74, 6) is 0.455. The minimum atomic E-state index is -0.661. The Morgan fingerprint density at radius 1 is 1.27 bits per heavy atom. The molecule has 1 aliphatic heterocycles. The van der Waals surface area contributed by atoms with Gasteiger partial charge in [-0.1, -0.05) is 34.8 Å². The van der Waals surface area contributed by atoms with E-state index >= 15 is 0 Å². The molecular weight excluding hydrogens is 258 g/mol. The van der Waals surface area contributed by atoms with Crippen molar-refractivity contribution in [2.24, 2.45) is 0 Å². The highest BCUT2D eigenvalue weighted by Crippen LogP contribution is 2.44. The molecule has 0 fully saturated rings. The van der Waals surface area contributed by atoms with Crippen molar-refractivity contribution in [3.63, 3.8) is 0 Å². The third kappa shape index (κ3) is 2.04. The lowest BCUT2D eigenvalue weighted by molar-refractivity contribution is 0.167. The Labute approximate surface area is 103 Å². The van der Waals surface area contributed by atoms with Crippen LogP contribution in [0.5, 0.6) is 5.75 Å². The topological polar surface area (TPSA) is 29.5 Å². The molecule has 0 amide bonds. The van der Waals surface area contributed by atoms with Crippen molar-refractivity contribution in [1.82, 2.24) is 0 Å². The summed E-state index contributed by atoms with van der Waals surface area (Å²) < 4.78 is 5.45. The van der Waals surface area contributed by atoms with Gasteiger partial charge in [-0.05, 0) is 18.9 Å². The number of aliphatic hydroxyl groups is 1. The zero-order valence-electron chi connectivity index (χ0n) is 7.77. The van der Waals surface area contributed by atoms with E-state index in [1.165, 1.54) is 6.07 Å². The molecule has 1 aromatic rings. The highest BCUT2D eigenvalue weighted by Gasteiger charge is 2.24. The van der Waals surface area contributed by atoms with Crippen LogP contribution in [-0.4, -0.2) is 11.7 Å². The molecular formula is C10H9Cl3O2. The van der Waals surface area contributed by atoms with E-state index in [2.05, 4.69) is 0 Å². The number of rotatable bonds is 0. The van der Waals surface area contributed by atoms with E-state index in [0.717, 1.165) is 6.42 Å². The Hall–Kier alpha value is -0.150. The number of benzene rings is 1.